The number of halogens is 1. The van der Waals surface area contributed by atoms with Gasteiger partial charge in [0.15, 0.2) is 5.22 Å². The van der Waals surface area contributed by atoms with Crippen molar-refractivity contribution in [2.75, 3.05) is 6.54 Å². The smallest absolute Gasteiger partial charge is 0.210 e. The van der Waals surface area contributed by atoms with E-state index in [0.29, 0.717) is 12.2 Å². The molecule has 0 saturated heterocycles. The second-order valence-corrected chi connectivity index (χ2v) is 2.38. The molecule has 0 aliphatic rings. The normalized spacial score (nSPS) is 9.91. The van der Waals surface area contributed by atoms with E-state index >= 15 is 0 Å². The molecule has 0 N–H and O–H groups in total. The van der Waals surface area contributed by atoms with Gasteiger partial charge < -0.3 is 4.42 Å². The molecule has 0 unspecified atom stereocenters. The Balaban J connectivity index is 2.45. The molecule has 60 valence electrons. The lowest BCUT2D eigenvalue weighted by atomic mass is 10.3. The number of nitrogens with zero attached hydrogens (tertiary/aromatic N) is 1. The molecule has 1 heterocycles. The number of rotatable bonds is 3. The first-order valence-electron chi connectivity index (χ1n) is 3.04. The van der Waals surface area contributed by atoms with Gasteiger partial charge in [0.25, 0.3) is 0 Å². The third-order valence-electron chi connectivity index (χ3n) is 1.17. The average Bonchev–Trinajstić information content (AvgIpc) is 2.31. The van der Waals surface area contributed by atoms with Crippen molar-refractivity contribution in [2.24, 2.45) is 0 Å². The number of hydrogen-bond donors (Lipinski definition) is 0. The van der Waals surface area contributed by atoms with Crippen LogP contribution in [0, 0.1) is 10.1 Å². The second kappa shape index (κ2) is 3.39. The van der Waals surface area contributed by atoms with Crippen molar-refractivity contribution < 1.29 is 9.34 Å². The van der Waals surface area contributed by atoms with Crippen LogP contribution in [0.3, 0.4) is 0 Å². The van der Waals surface area contributed by atoms with E-state index in [-0.39, 0.29) is 11.8 Å². The minimum Gasteiger partial charge on any atom is -0.449 e. The van der Waals surface area contributed by atoms with Crippen LogP contribution in [0.1, 0.15) is 5.76 Å². The Morgan fingerprint density at radius 1 is 1.64 bits per heavy atom. The highest BCUT2D eigenvalue weighted by atomic mass is 35.5. The minimum absolute atomic E-state index is 0.121. The summed E-state index contributed by atoms with van der Waals surface area (Å²) in [4.78, 5) is 9.52. The first-order valence-corrected chi connectivity index (χ1v) is 3.42. The largest absolute Gasteiger partial charge is 0.449 e. The summed E-state index contributed by atoms with van der Waals surface area (Å²) >= 11 is 5.44. The van der Waals surface area contributed by atoms with Crippen LogP contribution in [-0.4, -0.2) is 11.5 Å². The zero-order valence-electron chi connectivity index (χ0n) is 5.62. The maximum Gasteiger partial charge on any atom is 0.210 e. The van der Waals surface area contributed by atoms with Crippen LogP contribution < -0.4 is 0 Å². The van der Waals surface area contributed by atoms with Gasteiger partial charge in [-0.1, -0.05) is 0 Å². The fourth-order valence-electron chi connectivity index (χ4n) is 0.688. The van der Waals surface area contributed by atoms with Crippen molar-refractivity contribution in [1.29, 1.82) is 0 Å². The van der Waals surface area contributed by atoms with Gasteiger partial charge in [0.05, 0.1) is 6.42 Å². The average molecular weight is 176 g/mol. The van der Waals surface area contributed by atoms with E-state index < -0.39 is 4.92 Å². The zero-order valence-corrected chi connectivity index (χ0v) is 6.37. The van der Waals surface area contributed by atoms with E-state index in [1.54, 1.807) is 12.1 Å². The molecule has 1 aromatic rings. The minimum atomic E-state index is -0.392. The molecular weight excluding hydrogens is 170 g/mol. The molecule has 0 bridgehead atoms. The summed E-state index contributed by atoms with van der Waals surface area (Å²) in [5.74, 6) is 0.548. The van der Waals surface area contributed by atoms with Gasteiger partial charge in [-0.05, 0) is 23.7 Å². The summed E-state index contributed by atoms with van der Waals surface area (Å²) in [5, 5.41) is 10.2. The van der Waals surface area contributed by atoms with E-state index in [1.165, 1.54) is 0 Å². The van der Waals surface area contributed by atoms with Crippen LogP contribution >= 0.6 is 11.6 Å². The van der Waals surface area contributed by atoms with Crippen molar-refractivity contribution in [3.05, 3.63) is 33.2 Å². The summed E-state index contributed by atoms with van der Waals surface area (Å²) in [6, 6.07) is 3.20. The number of furan rings is 1. The van der Waals surface area contributed by atoms with Gasteiger partial charge in [-0.2, -0.15) is 0 Å². The molecule has 1 aromatic heterocycles. The molecule has 0 saturated carbocycles. The fourth-order valence-corrected chi connectivity index (χ4v) is 0.850. The van der Waals surface area contributed by atoms with Gasteiger partial charge >= 0.3 is 0 Å². The highest BCUT2D eigenvalue weighted by Gasteiger charge is 2.03. The Kier molecular flexibility index (Phi) is 2.48. The van der Waals surface area contributed by atoms with E-state index in [0.717, 1.165) is 0 Å². The van der Waals surface area contributed by atoms with Gasteiger partial charge in [-0.25, -0.2) is 0 Å². The summed E-state index contributed by atoms with van der Waals surface area (Å²) in [6.45, 7) is -0.121. The number of hydrogen-bond acceptors (Lipinski definition) is 3. The van der Waals surface area contributed by atoms with Gasteiger partial charge in [0.1, 0.15) is 5.76 Å². The van der Waals surface area contributed by atoms with Gasteiger partial charge in [-0.3, -0.25) is 10.1 Å². The van der Waals surface area contributed by atoms with Gasteiger partial charge in [0.2, 0.25) is 6.54 Å². The molecule has 0 aliphatic heterocycles. The highest BCUT2D eigenvalue weighted by Crippen LogP contribution is 2.13. The van der Waals surface area contributed by atoms with Crippen molar-refractivity contribution >= 4 is 11.6 Å². The lowest BCUT2D eigenvalue weighted by Crippen LogP contribution is -2.02. The van der Waals surface area contributed by atoms with Crippen molar-refractivity contribution in [1.82, 2.24) is 0 Å². The van der Waals surface area contributed by atoms with E-state index in [1.807, 2.05) is 0 Å². The maximum atomic E-state index is 9.91. The molecule has 0 aromatic carbocycles. The zero-order chi connectivity index (χ0) is 8.27. The Bertz CT molecular complexity index is 258. The molecule has 11 heavy (non-hydrogen) atoms. The molecule has 1 rings (SSSR count). The highest BCUT2D eigenvalue weighted by molar-refractivity contribution is 6.28. The van der Waals surface area contributed by atoms with Crippen LogP contribution in [0.2, 0.25) is 5.22 Å². The quantitative estimate of drug-likeness (QED) is 0.520. The maximum absolute atomic E-state index is 9.91. The summed E-state index contributed by atoms with van der Waals surface area (Å²) in [7, 11) is 0. The first kappa shape index (κ1) is 8.07. The summed E-state index contributed by atoms with van der Waals surface area (Å²) < 4.78 is 4.89. The second-order valence-electron chi connectivity index (χ2n) is 2.01. The predicted octanol–water partition coefficient (Wildman–Crippen LogP) is 1.75. The van der Waals surface area contributed by atoms with Crippen LogP contribution in [0.5, 0.6) is 0 Å². The molecular formula is C6H6ClNO3. The van der Waals surface area contributed by atoms with Gasteiger partial charge in [0, 0.05) is 4.92 Å². The van der Waals surface area contributed by atoms with E-state index in [2.05, 4.69) is 0 Å². The number of nitro groups is 1. The monoisotopic (exact) mass is 175 g/mol. The lowest BCUT2D eigenvalue weighted by Gasteiger charge is -1.88. The Hall–Kier alpha value is -1.03. The first-order chi connectivity index (χ1) is 5.18. The predicted molar refractivity (Wildman–Crippen MR) is 39.3 cm³/mol. The van der Waals surface area contributed by atoms with Crippen molar-refractivity contribution in [3.8, 4) is 0 Å². The third kappa shape index (κ3) is 2.59. The molecule has 0 aliphatic carbocycles. The Labute approximate surface area is 67.9 Å². The molecule has 0 amide bonds. The van der Waals surface area contributed by atoms with Crippen LogP contribution in [-0.2, 0) is 6.42 Å². The lowest BCUT2D eigenvalue weighted by molar-refractivity contribution is -0.479. The van der Waals surface area contributed by atoms with Crippen LogP contribution in [0.15, 0.2) is 16.5 Å². The molecule has 0 radical (unpaired) electrons. The SMILES string of the molecule is O=[N+]([O-])CCc1ccc(Cl)o1. The summed E-state index contributed by atoms with van der Waals surface area (Å²) in [6.07, 6.45) is 0.291. The van der Waals surface area contributed by atoms with Crippen LogP contribution in [0.25, 0.3) is 0 Å². The Morgan fingerprint density at radius 3 is 2.82 bits per heavy atom. The molecule has 0 fully saturated rings. The summed E-state index contributed by atoms with van der Waals surface area (Å²) in [5.41, 5.74) is 0. The standard InChI is InChI=1S/C6H6ClNO3/c7-6-2-1-5(11-6)3-4-8(9)10/h1-2H,3-4H2. The van der Waals surface area contributed by atoms with Crippen molar-refractivity contribution in [3.63, 3.8) is 0 Å². The Morgan fingerprint density at radius 2 is 2.36 bits per heavy atom. The van der Waals surface area contributed by atoms with E-state index in [4.69, 9.17) is 16.0 Å². The van der Waals surface area contributed by atoms with Crippen molar-refractivity contribution in [2.45, 2.75) is 6.42 Å². The topological polar surface area (TPSA) is 56.3 Å². The van der Waals surface area contributed by atoms with Crippen LogP contribution in [0.4, 0.5) is 0 Å². The van der Waals surface area contributed by atoms with Gasteiger partial charge in [-0.15, -0.1) is 0 Å². The molecule has 4 nitrogen and oxygen atoms in total. The molecule has 0 atom stereocenters. The molecule has 0 spiro atoms. The third-order valence-corrected chi connectivity index (χ3v) is 1.37. The fraction of sp³-hybridized carbons (Fsp3) is 0.333. The molecule has 5 heteroatoms. The van der Waals surface area contributed by atoms with E-state index in [9.17, 15) is 10.1 Å².